The summed E-state index contributed by atoms with van der Waals surface area (Å²) in [6.07, 6.45) is 0.550. The van der Waals surface area contributed by atoms with Crippen molar-refractivity contribution in [3.63, 3.8) is 0 Å². The molecule has 0 saturated carbocycles. The predicted octanol–water partition coefficient (Wildman–Crippen LogP) is -1.16. The number of unbranched alkanes of at least 4 members (excludes halogenated alkanes) is 1. The number of carboxylic acid groups (broad SMARTS) is 1. The Morgan fingerprint density at radius 3 is 1.84 bits per heavy atom. The molecular weight excluding hydrogens is 679 g/mol. The maximum absolute atomic E-state index is 14.4. The van der Waals surface area contributed by atoms with Crippen molar-refractivity contribution < 1.29 is 62.3 Å². The number of halogens is 3. The summed E-state index contributed by atoms with van der Waals surface area (Å²) in [4.78, 5) is 63.8. The molecule has 0 bridgehead atoms. The van der Waals surface area contributed by atoms with Crippen molar-refractivity contribution >= 4 is 54.8 Å². The molecule has 0 saturated heterocycles. The van der Waals surface area contributed by atoms with Crippen molar-refractivity contribution in [2.24, 2.45) is 0 Å². The van der Waals surface area contributed by atoms with E-state index in [1.54, 1.807) is 0 Å². The van der Waals surface area contributed by atoms with Crippen molar-refractivity contribution in [2.75, 3.05) is 26.2 Å². The van der Waals surface area contributed by atoms with E-state index in [0.29, 0.717) is 5.56 Å². The van der Waals surface area contributed by atoms with E-state index in [2.05, 4.69) is 16.0 Å². The number of hydrogen-bond donors (Lipinski definition) is 8. The van der Waals surface area contributed by atoms with Crippen LogP contribution in [0.4, 0.5) is 13.2 Å². The molecule has 0 radical (unpaired) electrons. The molecule has 0 aliphatic heterocycles. The average molecular weight is 714 g/mol. The van der Waals surface area contributed by atoms with Crippen LogP contribution in [0.15, 0.2) is 60.7 Å². The number of carbonyl (C=O) groups excluding carboxylic acids is 4. The Morgan fingerprint density at radius 1 is 0.725 bits per heavy atom. The maximum Gasteiger partial charge on any atom is 0.491 e. The molecule has 14 nitrogen and oxygen atoms in total. The van der Waals surface area contributed by atoms with Crippen LogP contribution >= 0.6 is 0 Å². The molecule has 0 aromatic heterocycles. The van der Waals surface area contributed by atoms with Gasteiger partial charge in [-0.05, 0) is 61.2 Å². The highest BCUT2D eigenvalue weighted by Crippen LogP contribution is 2.10. The van der Waals surface area contributed by atoms with Gasteiger partial charge in [0, 0.05) is 47.3 Å². The zero-order valence-corrected chi connectivity index (χ0v) is 27.0. The molecular formula is C32H35B2F3N4O10. The van der Waals surface area contributed by atoms with Crippen LogP contribution in [0.3, 0.4) is 0 Å². The lowest BCUT2D eigenvalue weighted by Crippen LogP contribution is -2.45. The summed E-state index contributed by atoms with van der Waals surface area (Å²) in [5, 5.41) is 53.8. The van der Waals surface area contributed by atoms with E-state index in [4.69, 9.17) is 10.0 Å². The molecule has 0 aliphatic rings. The second-order valence-electron chi connectivity index (χ2n) is 11.2. The molecule has 8 N–H and O–H groups in total. The predicted molar refractivity (Wildman–Crippen MR) is 178 cm³/mol. The molecule has 0 spiro atoms. The third kappa shape index (κ3) is 12.0. The maximum atomic E-state index is 14.4. The van der Waals surface area contributed by atoms with Gasteiger partial charge in [0.05, 0.1) is 6.54 Å². The summed E-state index contributed by atoms with van der Waals surface area (Å²) in [5.41, 5.74) is -0.863. The first-order chi connectivity index (χ1) is 24.2. The lowest BCUT2D eigenvalue weighted by Gasteiger charge is -2.23. The van der Waals surface area contributed by atoms with Gasteiger partial charge in [0.1, 0.15) is 24.4 Å². The summed E-state index contributed by atoms with van der Waals surface area (Å²) in [6.45, 7) is -1.80. The van der Waals surface area contributed by atoms with Crippen molar-refractivity contribution in [1.82, 2.24) is 20.9 Å². The molecule has 4 amide bonds. The standard InChI is InChI=1S/C32H35B2F3N4O10/c35-17-19-4-6-20(7-5-19)30(44)40-27(32(46)47)3-1-2-12-38-28(42)18-41(31(45)22-9-11-24(34(50)51)26(37)16-22)14-13-39-29(43)21-8-10-23(33(48)49)25(36)15-21/h4-11,15-16,27,48-51H,1-3,12-14,17-18H2,(H,38,42)(H,39,43)(H,40,44)(H,46,47)/t27-/m0/s1. The molecule has 3 rings (SSSR count). The van der Waals surface area contributed by atoms with Crippen LogP contribution in [-0.2, 0) is 16.3 Å². The number of aliphatic carboxylic acids is 1. The highest BCUT2D eigenvalue weighted by molar-refractivity contribution is 6.59. The van der Waals surface area contributed by atoms with Crippen molar-refractivity contribution in [3.05, 3.63) is 94.6 Å². The number of carboxylic acids is 1. The lowest BCUT2D eigenvalue weighted by molar-refractivity contribution is -0.139. The van der Waals surface area contributed by atoms with E-state index in [1.165, 1.54) is 24.3 Å². The van der Waals surface area contributed by atoms with E-state index in [0.717, 1.165) is 41.3 Å². The van der Waals surface area contributed by atoms with Gasteiger partial charge >= 0.3 is 20.2 Å². The Labute approximate surface area is 290 Å². The zero-order chi connectivity index (χ0) is 37.7. The monoisotopic (exact) mass is 714 g/mol. The molecule has 0 unspecified atom stereocenters. The fraction of sp³-hybridized carbons (Fsp3) is 0.281. The summed E-state index contributed by atoms with van der Waals surface area (Å²) in [7, 11) is -4.24. The minimum absolute atomic E-state index is 0.0150. The van der Waals surface area contributed by atoms with E-state index < -0.39 is 85.7 Å². The van der Waals surface area contributed by atoms with Gasteiger partial charge in [-0.1, -0.05) is 24.3 Å². The number of benzene rings is 3. The molecule has 51 heavy (non-hydrogen) atoms. The Kier molecular flexibility index (Phi) is 15.2. The normalized spacial score (nSPS) is 11.3. The van der Waals surface area contributed by atoms with Gasteiger partial charge in [-0.25, -0.2) is 18.0 Å². The van der Waals surface area contributed by atoms with Crippen molar-refractivity contribution in [2.45, 2.75) is 32.0 Å². The highest BCUT2D eigenvalue weighted by Gasteiger charge is 2.24. The van der Waals surface area contributed by atoms with E-state index >= 15 is 0 Å². The van der Waals surface area contributed by atoms with Gasteiger partial charge in [0.15, 0.2) is 0 Å². The number of hydrogen-bond acceptors (Lipinski definition) is 9. The van der Waals surface area contributed by atoms with E-state index in [1.807, 2.05) is 0 Å². The Balaban J connectivity index is 1.58. The van der Waals surface area contributed by atoms with E-state index in [-0.39, 0.29) is 55.6 Å². The summed E-state index contributed by atoms with van der Waals surface area (Å²) >= 11 is 0. The van der Waals surface area contributed by atoms with Gasteiger partial charge in [-0.15, -0.1) is 0 Å². The second kappa shape index (κ2) is 19.2. The Morgan fingerprint density at radius 2 is 1.29 bits per heavy atom. The van der Waals surface area contributed by atoms with Gasteiger partial charge in [0.25, 0.3) is 17.7 Å². The van der Waals surface area contributed by atoms with Crippen LogP contribution in [-0.4, -0.2) is 106 Å². The van der Waals surface area contributed by atoms with Gasteiger partial charge in [-0.2, -0.15) is 0 Å². The number of nitrogens with zero attached hydrogens (tertiary/aromatic N) is 1. The molecule has 3 aromatic carbocycles. The largest absolute Gasteiger partial charge is 0.491 e. The van der Waals surface area contributed by atoms with E-state index in [9.17, 15) is 52.3 Å². The molecule has 0 aliphatic carbocycles. The second-order valence-corrected chi connectivity index (χ2v) is 11.2. The Hall–Kier alpha value is -5.23. The number of amides is 4. The van der Waals surface area contributed by atoms with Gasteiger partial charge < -0.3 is 46.1 Å². The average Bonchev–Trinajstić information content (AvgIpc) is 3.09. The highest BCUT2D eigenvalue weighted by atomic mass is 19.1. The smallest absolute Gasteiger partial charge is 0.480 e. The lowest BCUT2D eigenvalue weighted by atomic mass is 9.79. The summed E-state index contributed by atoms with van der Waals surface area (Å²) in [6, 6.07) is 10.1. The topological polar surface area (TPSA) is 226 Å². The number of rotatable bonds is 18. The molecule has 19 heteroatoms. The fourth-order valence-electron chi connectivity index (χ4n) is 4.76. The Bertz CT molecular complexity index is 1720. The molecule has 1 atom stereocenters. The van der Waals surface area contributed by atoms with Crippen molar-refractivity contribution in [1.29, 1.82) is 0 Å². The van der Waals surface area contributed by atoms with Crippen molar-refractivity contribution in [3.8, 4) is 0 Å². The first kappa shape index (κ1) is 40.2. The molecule has 0 heterocycles. The summed E-state index contributed by atoms with van der Waals surface area (Å²) in [5.74, 6) is -6.40. The SMILES string of the molecule is O=C(CN(CCNC(=O)c1ccc(B(O)O)c(F)c1)C(=O)c1ccc(B(O)O)c(F)c1)NCCCC[C@H](NC(=O)c1ccc(CF)cc1)C(=O)O. The minimum atomic E-state index is -2.14. The first-order valence-electron chi connectivity index (χ1n) is 15.6. The number of carbonyl (C=O) groups is 5. The third-order valence-corrected chi connectivity index (χ3v) is 7.57. The third-order valence-electron chi connectivity index (χ3n) is 7.57. The van der Waals surface area contributed by atoms with Crippen LogP contribution < -0.4 is 26.9 Å². The van der Waals surface area contributed by atoms with Crippen LogP contribution in [0.2, 0.25) is 0 Å². The number of nitrogens with one attached hydrogen (secondary N) is 3. The molecule has 0 fully saturated rings. The van der Waals surface area contributed by atoms with Gasteiger partial charge in [0.2, 0.25) is 5.91 Å². The van der Waals surface area contributed by atoms with Crippen LogP contribution in [0.5, 0.6) is 0 Å². The number of alkyl halides is 1. The molecule has 270 valence electrons. The summed E-state index contributed by atoms with van der Waals surface area (Å²) < 4.78 is 41.2. The van der Waals surface area contributed by atoms with Gasteiger partial charge in [-0.3, -0.25) is 19.2 Å². The minimum Gasteiger partial charge on any atom is -0.480 e. The van der Waals surface area contributed by atoms with Crippen LogP contribution in [0, 0.1) is 11.6 Å². The van der Waals surface area contributed by atoms with Crippen LogP contribution in [0.1, 0.15) is 55.9 Å². The zero-order valence-electron chi connectivity index (χ0n) is 27.0. The molecule has 3 aromatic rings. The fourth-order valence-corrected chi connectivity index (χ4v) is 4.76. The van der Waals surface area contributed by atoms with Crippen LogP contribution in [0.25, 0.3) is 0 Å². The first-order valence-corrected chi connectivity index (χ1v) is 15.6. The quantitative estimate of drug-likeness (QED) is 0.0583.